The van der Waals surface area contributed by atoms with Gasteiger partial charge in [0.15, 0.2) is 0 Å². The summed E-state index contributed by atoms with van der Waals surface area (Å²) in [6.07, 6.45) is 3.19. The van der Waals surface area contributed by atoms with Crippen LogP contribution in [-0.2, 0) is 0 Å². The monoisotopic (exact) mass is 140 g/mol. The van der Waals surface area contributed by atoms with Crippen molar-refractivity contribution in [2.24, 2.45) is 0 Å². The number of pyridine rings is 1. The van der Waals surface area contributed by atoms with Crippen LogP contribution in [0.2, 0.25) is 0 Å². The number of rotatable bonds is 0. The normalized spacial score (nSPS) is 7.90. The van der Waals surface area contributed by atoms with Gasteiger partial charge in [-0.25, -0.2) is 0 Å². The van der Waals surface area contributed by atoms with Crippen LogP contribution in [0.3, 0.4) is 0 Å². The molecule has 0 aromatic carbocycles. The van der Waals surface area contributed by atoms with Crippen LogP contribution in [0, 0.1) is 6.92 Å². The fourth-order valence-corrected chi connectivity index (χ4v) is 0.493. The van der Waals surface area contributed by atoms with Gasteiger partial charge in [0.1, 0.15) is 0 Å². The smallest absolute Gasteiger partial charge is 0.222 e. The fraction of sp³-hybridized carbons (Fsp3) is 0.375. The lowest BCUT2D eigenvalue weighted by molar-refractivity contribution is -0.904. The van der Waals surface area contributed by atoms with Crippen molar-refractivity contribution in [3.63, 3.8) is 0 Å². The van der Waals surface area contributed by atoms with E-state index in [0.717, 1.165) is 10.3 Å². The second-order valence-corrected chi connectivity index (χ2v) is 1.76. The molecule has 0 bridgehead atoms. The van der Waals surface area contributed by atoms with Crippen molar-refractivity contribution in [3.8, 4) is 0 Å². The SMILES string of the molecule is CC.Cc1cc[n+](O)cc1. The average molecular weight is 140 g/mol. The van der Waals surface area contributed by atoms with Gasteiger partial charge in [0.25, 0.3) is 0 Å². The van der Waals surface area contributed by atoms with Gasteiger partial charge in [0, 0.05) is 16.9 Å². The highest BCUT2D eigenvalue weighted by Crippen LogP contribution is 1.87. The first-order chi connectivity index (χ1) is 4.79. The van der Waals surface area contributed by atoms with Gasteiger partial charge in [-0.3, -0.25) is 5.21 Å². The molecule has 0 aliphatic carbocycles. The first kappa shape index (κ1) is 8.95. The lowest BCUT2D eigenvalue weighted by Gasteiger charge is -1.82. The lowest BCUT2D eigenvalue weighted by atomic mass is 10.3. The summed E-state index contributed by atoms with van der Waals surface area (Å²) in [5, 5.41) is 8.67. The molecule has 10 heavy (non-hydrogen) atoms. The Morgan fingerprint density at radius 1 is 1.20 bits per heavy atom. The Bertz CT molecular complexity index is 148. The maximum atomic E-state index is 8.67. The first-order valence-corrected chi connectivity index (χ1v) is 3.46. The van der Waals surface area contributed by atoms with Gasteiger partial charge >= 0.3 is 0 Å². The van der Waals surface area contributed by atoms with Gasteiger partial charge in [-0.2, -0.15) is 0 Å². The van der Waals surface area contributed by atoms with Crippen LogP contribution in [0.25, 0.3) is 0 Å². The minimum Gasteiger partial charge on any atom is -0.285 e. The molecule has 1 rings (SSSR count). The highest BCUT2D eigenvalue weighted by atomic mass is 16.5. The fourth-order valence-electron chi connectivity index (χ4n) is 0.493. The third-order valence-corrected chi connectivity index (χ3v) is 0.980. The second-order valence-electron chi connectivity index (χ2n) is 1.76. The van der Waals surface area contributed by atoms with E-state index in [1.165, 1.54) is 0 Å². The summed E-state index contributed by atoms with van der Waals surface area (Å²) >= 11 is 0. The van der Waals surface area contributed by atoms with Gasteiger partial charge in [0.2, 0.25) is 12.4 Å². The Balaban J connectivity index is 0.000000371. The molecule has 1 aromatic heterocycles. The minimum atomic E-state index is 1.02. The Morgan fingerprint density at radius 2 is 1.60 bits per heavy atom. The predicted octanol–water partition coefficient (Wildman–Crippen LogP) is 1.55. The van der Waals surface area contributed by atoms with Crippen molar-refractivity contribution in [3.05, 3.63) is 30.1 Å². The zero-order valence-electron chi connectivity index (χ0n) is 6.70. The molecule has 0 saturated heterocycles. The van der Waals surface area contributed by atoms with Crippen molar-refractivity contribution in [1.29, 1.82) is 0 Å². The van der Waals surface area contributed by atoms with Crippen LogP contribution in [-0.4, -0.2) is 5.21 Å². The molecule has 1 aromatic rings. The minimum absolute atomic E-state index is 1.02. The molecule has 2 nitrogen and oxygen atoms in total. The average Bonchev–Trinajstić information content (AvgIpc) is 2.00. The van der Waals surface area contributed by atoms with Crippen LogP contribution in [0.5, 0.6) is 0 Å². The molecule has 1 heterocycles. The summed E-state index contributed by atoms with van der Waals surface area (Å²) in [7, 11) is 0. The van der Waals surface area contributed by atoms with Gasteiger partial charge in [-0.1, -0.05) is 13.8 Å². The van der Waals surface area contributed by atoms with E-state index in [2.05, 4.69) is 0 Å². The first-order valence-electron chi connectivity index (χ1n) is 3.46. The van der Waals surface area contributed by atoms with Crippen LogP contribution in [0.15, 0.2) is 24.5 Å². The van der Waals surface area contributed by atoms with Crippen molar-refractivity contribution >= 4 is 0 Å². The number of hydrogen-bond acceptors (Lipinski definition) is 1. The van der Waals surface area contributed by atoms with Gasteiger partial charge < -0.3 is 0 Å². The van der Waals surface area contributed by atoms with E-state index < -0.39 is 0 Å². The third-order valence-electron chi connectivity index (χ3n) is 0.980. The molecule has 1 N–H and O–H groups in total. The molecule has 0 radical (unpaired) electrons. The van der Waals surface area contributed by atoms with E-state index in [-0.39, 0.29) is 0 Å². The maximum absolute atomic E-state index is 8.67. The van der Waals surface area contributed by atoms with Crippen LogP contribution in [0.1, 0.15) is 19.4 Å². The van der Waals surface area contributed by atoms with Crippen LogP contribution >= 0.6 is 0 Å². The summed E-state index contributed by atoms with van der Waals surface area (Å²) in [6.45, 7) is 5.97. The van der Waals surface area contributed by atoms with E-state index in [4.69, 9.17) is 5.21 Å². The summed E-state index contributed by atoms with van der Waals surface area (Å²) in [4.78, 5) is 0. The Hall–Kier alpha value is -1.05. The molecule has 0 atom stereocenters. The van der Waals surface area contributed by atoms with Gasteiger partial charge in [-0.05, 0) is 12.5 Å². The quantitative estimate of drug-likeness (QED) is 0.429. The molecular weight excluding hydrogens is 126 g/mol. The second kappa shape index (κ2) is 4.79. The van der Waals surface area contributed by atoms with Crippen molar-refractivity contribution in [2.75, 3.05) is 0 Å². The van der Waals surface area contributed by atoms with Crippen LogP contribution < -0.4 is 4.73 Å². The van der Waals surface area contributed by atoms with E-state index >= 15 is 0 Å². The molecule has 0 aliphatic rings. The topological polar surface area (TPSA) is 24.1 Å². The molecule has 0 aliphatic heterocycles. The Labute approximate surface area is 61.7 Å². The molecule has 0 saturated carbocycles. The highest BCUT2D eigenvalue weighted by molar-refractivity contribution is 5.02. The molecule has 2 heteroatoms. The predicted molar refractivity (Wildman–Crippen MR) is 39.9 cm³/mol. The number of aryl methyl sites for hydroxylation is 1. The van der Waals surface area contributed by atoms with Crippen LogP contribution in [0.4, 0.5) is 0 Å². The van der Waals surface area contributed by atoms with Gasteiger partial charge in [-0.15, -0.1) is 0 Å². The molecule has 56 valence electrons. The number of aromatic nitrogens is 1. The van der Waals surface area contributed by atoms with E-state index in [1.807, 2.05) is 32.9 Å². The molecule has 0 spiro atoms. The Morgan fingerprint density at radius 3 is 1.90 bits per heavy atom. The Kier molecular flexibility index (Phi) is 4.29. The summed E-state index contributed by atoms with van der Waals surface area (Å²) in [6, 6.07) is 3.67. The summed E-state index contributed by atoms with van der Waals surface area (Å²) in [5.74, 6) is 0. The molecule has 0 amide bonds. The maximum Gasteiger partial charge on any atom is 0.222 e. The lowest BCUT2D eigenvalue weighted by Crippen LogP contribution is -2.27. The van der Waals surface area contributed by atoms with E-state index in [9.17, 15) is 0 Å². The zero-order chi connectivity index (χ0) is 7.98. The largest absolute Gasteiger partial charge is 0.285 e. The highest BCUT2D eigenvalue weighted by Gasteiger charge is 1.89. The molecule has 0 fully saturated rings. The van der Waals surface area contributed by atoms with E-state index in [1.54, 1.807) is 12.4 Å². The van der Waals surface area contributed by atoms with E-state index in [0.29, 0.717) is 0 Å². The number of hydrogen-bond donors (Lipinski definition) is 1. The number of nitrogens with zero attached hydrogens (tertiary/aromatic N) is 1. The van der Waals surface area contributed by atoms with Crippen molar-refractivity contribution in [2.45, 2.75) is 20.8 Å². The van der Waals surface area contributed by atoms with Gasteiger partial charge in [0.05, 0.1) is 0 Å². The van der Waals surface area contributed by atoms with Crippen molar-refractivity contribution in [1.82, 2.24) is 0 Å². The molecular formula is C8H14NO+. The van der Waals surface area contributed by atoms with Crippen molar-refractivity contribution < 1.29 is 9.94 Å². The standard InChI is InChI=1S/C6H8NO.C2H6/c1-6-2-4-7(8)5-3-6;1-2/h2-5,8H,1H3;1-2H3/q+1;. The summed E-state index contributed by atoms with van der Waals surface area (Å²) < 4.78 is 1.02. The summed E-state index contributed by atoms with van der Waals surface area (Å²) in [5.41, 5.74) is 1.15. The third kappa shape index (κ3) is 3.07. The molecule has 0 unspecified atom stereocenters. The zero-order valence-corrected chi connectivity index (χ0v) is 6.70.